The Morgan fingerprint density at radius 2 is 1.85 bits per heavy atom. The molecule has 0 atom stereocenters. The lowest BCUT2D eigenvalue weighted by molar-refractivity contribution is -0.0246. The van der Waals surface area contributed by atoms with Crippen LogP contribution in [0.2, 0.25) is 5.02 Å². The molecule has 2 rings (SSSR count). The molecule has 0 fully saturated rings. The Labute approximate surface area is 89.2 Å². The van der Waals surface area contributed by atoms with Crippen molar-refractivity contribution in [2.24, 2.45) is 0 Å². The number of rotatable bonds is 1. The molecule has 0 unspecified atom stereocenters. The maximum atomic E-state index is 5.87. The van der Waals surface area contributed by atoms with Gasteiger partial charge in [0, 0.05) is 15.1 Å². The molecule has 0 saturated heterocycles. The van der Waals surface area contributed by atoms with E-state index >= 15 is 0 Å². The Bertz CT molecular complexity index is 323. The molecule has 0 aromatic heterocycles. The number of hydrogen-bond acceptors (Lipinski definition) is 2. The predicted octanol–water partition coefficient (Wildman–Crippen LogP) is 3.62. The molecule has 0 aliphatic carbocycles. The molecule has 0 amide bonds. The normalized spacial score (nSPS) is 15.5. The third-order valence-electron chi connectivity index (χ3n) is 1.62. The second-order valence-corrected chi connectivity index (χ2v) is 3.93. The molecule has 0 N–H and O–H groups in total. The first kappa shape index (κ1) is 8.91. The predicted molar refractivity (Wildman–Crippen MR) is 53.2 cm³/mol. The van der Waals surface area contributed by atoms with E-state index in [1.807, 2.05) is 18.2 Å². The van der Waals surface area contributed by atoms with E-state index < -0.39 is 0 Å². The largest absolute Gasteiger partial charge is 0.455 e. The van der Waals surface area contributed by atoms with Crippen LogP contribution < -0.4 is 0 Å². The van der Waals surface area contributed by atoms with Gasteiger partial charge in [0.25, 0.3) is 6.29 Å². The van der Waals surface area contributed by atoms with E-state index in [1.165, 1.54) is 12.5 Å². The first-order valence-electron chi connectivity index (χ1n) is 3.67. The quantitative estimate of drug-likeness (QED) is 0.769. The van der Waals surface area contributed by atoms with Crippen molar-refractivity contribution in [2.45, 2.75) is 6.29 Å². The van der Waals surface area contributed by atoms with Gasteiger partial charge in [0.15, 0.2) is 0 Å². The smallest absolute Gasteiger partial charge is 0.266 e. The maximum Gasteiger partial charge on any atom is 0.266 e. The van der Waals surface area contributed by atoms with E-state index in [4.69, 9.17) is 21.1 Å². The second kappa shape index (κ2) is 3.60. The van der Waals surface area contributed by atoms with Gasteiger partial charge in [-0.1, -0.05) is 27.5 Å². The monoisotopic (exact) mass is 260 g/mol. The van der Waals surface area contributed by atoms with Gasteiger partial charge < -0.3 is 9.47 Å². The number of halogens is 2. The molecular weight excluding hydrogens is 255 g/mol. The molecule has 0 spiro atoms. The zero-order valence-electron chi connectivity index (χ0n) is 6.54. The topological polar surface area (TPSA) is 18.5 Å². The number of benzene rings is 1. The van der Waals surface area contributed by atoms with Crippen LogP contribution in [0.3, 0.4) is 0 Å². The van der Waals surface area contributed by atoms with E-state index in [0.717, 1.165) is 10.0 Å². The first-order chi connectivity index (χ1) is 6.25. The van der Waals surface area contributed by atoms with Gasteiger partial charge in [-0.3, -0.25) is 0 Å². The van der Waals surface area contributed by atoms with Gasteiger partial charge in [0.2, 0.25) is 0 Å². The third-order valence-corrected chi connectivity index (χ3v) is 2.29. The van der Waals surface area contributed by atoms with E-state index in [9.17, 15) is 0 Å². The van der Waals surface area contributed by atoms with Crippen LogP contribution in [0.25, 0.3) is 0 Å². The Balaban J connectivity index is 2.29. The molecule has 1 aromatic carbocycles. The molecule has 4 heteroatoms. The summed E-state index contributed by atoms with van der Waals surface area (Å²) in [6.45, 7) is 0. The Morgan fingerprint density at radius 1 is 1.15 bits per heavy atom. The van der Waals surface area contributed by atoms with Crippen molar-refractivity contribution in [1.29, 1.82) is 0 Å². The summed E-state index contributed by atoms with van der Waals surface area (Å²) >= 11 is 9.21. The van der Waals surface area contributed by atoms with Crippen LogP contribution in [0.4, 0.5) is 0 Å². The second-order valence-electron chi connectivity index (χ2n) is 2.58. The van der Waals surface area contributed by atoms with Crippen molar-refractivity contribution >= 4 is 27.5 Å². The highest BCUT2D eigenvalue weighted by atomic mass is 79.9. The molecule has 0 radical (unpaired) electrons. The van der Waals surface area contributed by atoms with Crippen LogP contribution in [0, 0.1) is 0 Å². The highest BCUT2D eigenvalue weighted by Crippen LogP contribution is 2.29. The summed E-state index contributed by atoms with van der Waals surface area (Å²) in [5, 5.41) is 0.656. The minimum absolute atomic E-state index is 0.366. The Morgan fingerprint density at radius 3 is 2.46 bits per heavy atom. The molecule has 1 aliphatic rings. The van der Waals surface area contributed by atoms with Gasteiger partial charge in [-0.25, -0.2) is 0 Å². The SMILES string of the molecule is Clc1cc(Br)cc(C2OC=CO2)c1. The zero-order chi connectivity index (χ0) is 9.26. The Kier molecular flexibility index (Phi) is 2.47. The van der Waals surface area contributed by atoms with Crippen LogP contribution in [-0.2, 0) is 9.47 Å². The summed E-state index contributed by atoms with van der Waals surface area (Å²) in [5.41, 5.74) is 0.893. The summed E-state index contributed by atoms with van der Waals surface area (Å²) in [5.74, 6) is 0. The van der Waals surface area contributed by atoms with Gasteiger partial charge >= 0.3 is 0 Å². The van der Waals surface area contributed by atoms with Gasteiger partial charge in [-0.2, -0.15) is 0 Å². The average Bonchev–Trinajstić information content (AvgIpc) is 2.53. The summed E-state index contributed by atoms with van der Waals surface area (Å²) < 4.78 is 11.2. The standard InChI is InChI=1S/C9H6BrClO2/c10-7-3-6(4-8(11)5-7)9-12-1-2-13-9/h1-5,9H. The van der Waals surface area contributed by atoms with Crippen LogP contribution >= 0.6 is 27.5 Å². The van der Waals surface area contributed by atoms with E-state index in [2.05, 4.69) is 15.9 Å². The highest BCUT2D eigenvalue weighted by Gasteiger charge is 2.16. The minimum Gasteiger partial charge on any atom is -0.455 e. The van der Waals surface area contributed by atoms with E-state index in [0.29, 0.717) is 5.02 Å². The summed E-state index contributed by atoms with van der Waals surface area (Å²) in [6.07, 6.45) is 2.66. The molecule has 1 aliphatic heterocycles. The minimum atomic E-state index is -0.366. The zero-order valence-corrected chi connectivity index (χ0v) is 8.88. The number of hydrogen-bond donors (Lipinski definition) is 0. The summed E-state index contributed by atoms with van der Waals surface area (Å²) in [6, 6.07) is 5.53. The fraction of sp³-hybridized carbons (Fsp3) is 0.111. The lowest BCUT2D eigenvalue weighted by Gasteiger charge is -2.10. The summed E-state index contributed by atoms with van der Waals surface area (Å²) in [7, 11) is 0. The molecule has 2 nitrogen and oxygen atoms in total. The maximum absolute atomic E-state index is 5.87. The van der Waals surface area contributed by atoms with Crippen molar-refractivity contribution in [1.82, 2.24) is 0 Å². The lowest BCUT2D eigenvalue weighted by atomic mass is 10.2. The van der Waals surface area contributed by atoms with E-state index in [-0.39, 0.29) is 6.29 Å². The molecular formula is C9H6BrClO2. The van der Waals surface area contributed by atoms with Crippen molar-refractivity contribution in [3.05, 3.63) is 45.8 Å². The van der Waals surface area contributed by atoms with Crippen LogP contribution in [-0.4, -0.2) is 0 Å². The average molecular weight is 262 g/mol. The van der Waals surface area contributed by atoms with Crippen LogP contribution in [0.5, 0.6) is 0 Å². The molecule has 1 heterocycles. The van der Waals surface area contributed by atoms with E-state index in [1.54, 1.807) is 0 Å². The van der Waals surface area contributed by atoms with Crippen molar-refractivity contribution in [3.8, 4) is 0 Å². The first-order valence-corrected chi connectivity index (χ1v) is 4.85. The lowest BCUT2D eigenvalue weighted by Crippen LogP contribution is -1.97. The van der Waals surface area contributed by atoms with Gasteiger partial charge in [0.05, 0.1) is 0 Å². The molecule has 13 heavy (non-hydrogen) atoms. The number of ether oxygens (including phenoxy) is 2. The van der Waals surface area contributed by atoms with Crippen LogP contribution in [0.15, 0.2) is 35.2 Å². The molecule has 0 bridgehead atoms. The highest BCUT2D eigenvalue weighted by molar-refractivity contribution is 9.10. The fourth-order valence-corrected chi connectivity index (χ4v) is 1.99. The van der Waals surface area contributed by atoms with Gasteiger partial charge in [-0.05, 0) is 18.2 Å². The van der Waals surface area contributed by atoms with Crippen molar-refractivity contribution < 1.29 is 9.47 Å². The third kappa shape index (κ3) is 1.98. The van der Waals surface area contributed by atoms with Crippen molar-refractivity contribution in [2.75, 3.05) is 0 Å². The van der Waals surface area contributed by atoms with Gasteiger partial charge in [0.1, 0.15) is 12.5 Å². The van der Waals surface area contributed by atoms with Crippen LogP contribution in [0.1, 0.15) is 11.9 Å². The Hall–Kier alpha value is -0.670. The molecule has 68 valence electrons. The van der Waals surface area contributed by atoms with Gasteiger partial charge in [-0.15, -0.1) is 0 Å². The summed E-state index contributed by atoms with van der Waals surface area (Å²) in [4.78, 5) is 0. The fourth-order valence-electron chi connectivity index (χ4n) is 1.11. The molecule has 0 saturated carbocycles. The van der Waals surface area contributed by atoms with Crippen molar-refractivity contribution in [3.63, 3.8) is 0 Å². The molecule has 1 aromatic rings.